The van der Waals surface area contributed by atoms with Gasteiger partial charge in [0.2, 0.25) is 10.0 Å². The number of likely N-dealkylation sites (tertiary alicyclic amines) is 1. The molecule has 4 nitrogen and oxygen atoms in total. The first-order chi connectivity index (χ1) is 11.0. The van der Waals surface area contributed by atoms with Crippen LogP contribution in [0, 0.1) is 0 Å². The number of rotatable bonds is 2. The van der Waals surface area contributed by atoms with E-state index in [1.807, 2.05) is 24.3 Å². The molecule has 23 heavy (non-hydrogen) atoms. The number of para-hydroxylation sites is 1. The number of sulfonamides is 1. The van der Waals surface area contributed by atoms with Crippen LogP contribution in [0.25, 0.3) is 0 Å². The molecule has 0 aliphatic carbocycles. The van der Waals surface area contributed by atoms with Crippen LogP contribution in [0.15, 0.2) is 41.1 Å². The van der Waals surface area contributed by atoms with E-state index >= 15 is 0 Å². The number of fused-ring (bicyclic) bond motifs is 2. The molecule has 2 aliphatic heterocycles. The lowest BCUT2D eigenvalue weighted by molar-refractivity contribution is 0.189. The summed E-state index contributed by atoms with van der Waals surface area (Å²) in [5.74, 6) is 0. The topological polar surface area (TPSA) is 40.6 Å². The molecular weight excluding hydrogens is 328 g/mol. The van der Waals surface area contributed by atoms with E-state index in [9.17, 15) is 8.42 Å². The third kappa shape index (κ3) is 2.16. The average molecular weight is 348 g/mol. The van der Waals surface area contributed by atoms with Gasteiger partial charge in [-0.15, -0.1) is 0 Å². The summed E-state index contributed by atoms with van der Waals surface area (Å²) in [5.41, 5.74) is 3.15. The fraction of sp³-hybridized carbons (Fsp3) is 0.412. The highest BCUT2D eigenvalue weighted by Crippen LogP contribution is 2.51. The van der Waals surface area contributed by atoms with Gasteiger partial charge < -0.3 is 0 Å². The van der Waals surface area contributed by atoms with Crippen molar-refractivity contribution in [2.45, 2.75) is 24.1 Å². The van der Waals surface area contributed by atoms with Gasteiger partial charge in [0.1, 0.15) is 4.75 Å². The molecule has 2 aromatic rings. The summed E-state index contributed by atoms with van der Waals surface area (Å²) in [5, 5.41) is 4.26. The maximum atomic E-state index is 13.1. The van der Waals surface area contributed by atoms with Gasteiger partial charge in [-0.3, -0.25) is 9.21 Å². The van der Waals surface area contributed by atoms with E-state index in [1.54, 1.807) is 18.4 Å². The lowest BCUT2D eigenvalue weighted by Crippen LogP contribution is -2.47. The van der Waals surface area contributed by atoms with Gasteiger partial charge in [-0.05, 0) is 46.9 Å². The Balaban J connectivity index is 1.63. The Morgan fingerprint density at radius 1 is 1.17 bits per heavy atom. The number of piperidine rings is 1. The number of hydrogen-bond donors (Lipinski definition) is 0. The highest BCUT2D eigenvalue weighted by Gasteiger charge is 2.55. The number of benzene rings is 1. The van der Waals surface area contributed by atoms with E-state index in [2.05, 4.69) is 21.7 Å². The molecule has 0 bridgehead atoms. The highest BCUT2D eigenvalue weighted by atomic mass is 32.2. The van der Waals surface area contributed by atoms with E-state index in [4.69, 9.17) is 0 Å². The van der Waals surface area contributed by atoms with Crippen molar-refractivity contribution in [1.29, 1.82) is 0 Å². The molecule has 4 rings (SSSR count). The Bertz CT molecular complexity index is 807. The van der Waals surface area contributed by atoms with Crippen molar-refractivity contribution in [2.75, 3.05) is 24.4 Å². The monoisotopic (exact) mass is 348 g/mol. The summed E-state index contributed by atoms with van der Waals surface area (Å²) in [7, 11) is -1.64. The molecular formula is C17H20N2O2S2. The lowest BCUT2D eigenvalue weighted by Gasteiger charge is -2.38. The maximum Gasteiger partial charge on any atom is 0.245 e. The first-order valence-corrected chi connectivity index (χ1v) is 10.2. The van der Waals surface area contributed by atoms with Gasteiger partial charge in [0, 0.05) is 26.7 Å². The van der Waals surface area contributed by atoms with E-state index in [1.165, 1.54) is 9.87 Å². The molecule has 1 fully saturated rings. The Labute approximate surface area is 141 Å². The fourth-order valence-corrected chi connectivity index (χ4v) is 6.66. The normalized spacial score (nSPS) is 22.4. The second-order valence-electron chi connectivity index (χ2n) is 6.39. The first kappa shape index (κ1) is 15.2. The third-order valence-corrected chi connectivity index (χ3v) is 8.50. The predicted octanol–water partition coefficient (Wildman–Crippen LogP) is 3.02. The SMILES string of the molecule is CN1c2ccccc2C2(CCN(Cc3ccsc3)CC2)S1(=O)=O. The largest absolute Gasteiger partial charge is 0.299 e. The van der Waals surface area contributed by atoms with Gasteiger partial charge in [0.25, 0.3) is 0 Å². The standard InChI is InChI=1S/C17H20N2O2S2/c1-18-16-5-3-2-4-15(16)17(23(18,20)21)7-9-19(10-8-17)12-14-6-11-22-13-14/h2-6,11,13H,7-10,12H2,1H3. The average Bonchev–Trinajstić information content (AvgIpc) is 3.12. The van der Waals surface area contributed by atoms with Crippen LogP contribution < -0.4 is 4.31 Å². The van der Waals surface area contributed by atoms with Crippen molar-refractivity contribution in [3.8, 4) is 0 Å². The molecule has 0 N–H and O–H groups in total. The van der Waals surface area contributed by atoms with Crippen LogP contribution in [0.3, 0.4) is 0 Å². The van der Waals surface area contributed by atoms with Gasteiger partial charge in [-0.2, -0.15) is 11.3 Å². The van der Waals surface area contributed by atoms with Gasteiger partial charge in [-0.1, -0.05) is 18.2 Å². The lowest BCUT2D eigenvalue weighted by atomic mass is 9.87. The molecule has 0 atom stereocenters. The van der Waals surface area contributed by atoms with Crippen molar-refractivity contribution >= 4 is 27.0 Å². The van der Waals surface area contributed by atoms with Crippen molar-refractivity contribution in [3.05, 3.63) is 52.2 Å². The maximum absolute atomic E-state index is 13.1. The van der Waals surface area contributed by atoms with Crippen LogP contribution in [-0.4, -0.2) is 33.5 Å². The molecule has 1 aromatic carbocycles. The van der Waals surface area contributed by atoms with E-state index < -0.39 is 14.8 Å². The predicted molar refractivity (Wildman–Crippen MR) is 94.3 cm³/mol. The Morgan fingerprint density at radius 3 is 2.61 bits per heavy atom. The molecule has 2 aliphatic rings. The Morgan fingerprint density at radius 2 is 1.91 bits per heavy atom. The van der Waals surface area contributed by atoms with E-state index in [0.717, 1.165) is 30.9 Å². The molecule has 0 amide bonds. The quantitative estimate of drug-likeness (QED) is 0.838. The first-order valence-electron chi connectivity index (χ1n) is 7.86. The van der Waals surface area contributed by atoms with Gasteiger partial charge in [-0.25, -0.2) is 8.42 Å². The summed E-state index contributed by atoms with van der Waals surface area (Å²) in [4.78, 5) is 2.36. The molecule has 0 saturated carbocycles. The zero-order chi connectivity index (χ0) is 16.1. The second kappa shape index (κ2) is 5.33. The number of hydrogen-bond acceptors (Lipinski definition) is 4. The van der Waals surface area contributed by atoms with Gasteiger partial charge in [0.05, 0.1) is 5.69 Å². The smallest absolute Gasteiger partial charge is 0.245 e. The van der Waals surface area contributed by atoms with Crippen molar-refractivity contribution in [1.82, 2.24) is 4.90 Å². The number of thiophene rings is 1. The molecule has 6 heteroatoms. The van der Waals surface area contributed by atoms with Crippen molar-refractivity contribution < 1.29 is 8.42 Å². The third-order valence-electron chi connectivity index (χ3n) is 5.24. The number of anilines is 1. The minimum Gasteiger partial charge on any atom is -0.299 e. The zero-order valence-corrected chi connectivity index (χ0v) is 14.7. The second-order valence-corrected chi connectivity index (χ2v) is 9.45. The summed E-state index contributed by atoms with van der Waals surface area (Å²) >= 11 is 1.71. The van der Waals surface area contributed by atoms with E-state index in [-0.39, 0.29) is 0 Å². The van der Waals surface area contributed by atoms with Crippen LogP contribution in [0.2, 0.25) is 0 Å². The minimum absolute atomic E-state index is 0.667. The van der Waals surface area contributed by atoms with Gasteiger partial charge in [0.15, 0.2) is 0 Å². The summed E-state index contributed by atoms with van der Waals surface area (Å²) in [6, 6.07) is 9.91. The molecule has 122 valence electrons. The molecule has 1 spiro atoms. The summed E-state index contributed by atoms with van der Waals surface area (Å²) in [6.45, 7) is 2.55. The summed E-state index contributed by atoms with van der Waals surface area (Å²) < 4.78 is 26.9. The molecule has 0 unspecified atom stereocenters. The van der Waals surface area contributed by atoms with Crippen LogP contribution in [0.4, 0.5) is 5.69 Å². The van der Waals surface area contributed by atoms with Crippen LogP contribution in [-0.2, 0) is 21.3 Å². The van der Waals surface area contributed by atoms with E-state index in [0.29, 0.717) is 12.8 Å². The molecule has 1 saturated heterocycles. The van der Waals surface area contributed by atoms with Crippen molar-refractivity contribution in [3.63, 3.8) is 0 Å². The molecule has 3 heterocycles. The molecule has 0 radical (unpaired) electrons. The Hall–Kier alpha value is -1.37. The minimum atomic E-state index is -3.32. The Kier molecular flexibility index (Phi) is 3.51. The van der Waals surface area contributed by atoms with Crippen molar-refractivity contribution in [2.24, 2.45) is 0 Å². The number of nitrogens with zero attached hydrogens (tertiary/aromatic N) is 2. The molecule has 1 aromatic heterocycles. The fourth-order valence-electron chi connectivity index (χ4n) is 3.90. The summed E-state index contributed by atoms with van der Waals surface area (Å²) in [6.07, 6.45) is 1.33. The van der Waals surface area contributed by atoms with Crippen LogP contribution >= 0.6 is 11.3 Å². The van der Waals surface area contributed by atoms with Gasteiger partial charge >= 0.3 is 0 Å². The zero-order valence-electron chi connectivity index (χ0n) is 13.1. The highest BCUT2D eigenvalue weighted by molar-refractivity contribution is 7.94. The van der Waals surface area contributed by atoms with Crippen LogP contribution in [0.5, 0.6) is 0 Å². The van der Waals surface area contributed by atoms with Crippen LogP contribution in [0.1, 0.15) is 24.0 Å².